The molecule has 0 saturated carbocycles. The minimum Gasteiger partial charge on any atom is -0.822 e. The molecule has 8 nitrogen and oxygen atoms in total. The summed E-state index contributed by atoms with van der Waals surface area (Å²) < 4.78 is 17.1. The monoisotopic (exact) mass is 300 g/mol. The largest absolute Gasteiger partial charge is 2.00 e. The summed E-state index contributed by atoms with van der Waals surface area (Å²) in [6, 6.07) is 0. The molecule has 0 aromatic rings. The summed E-state index contributed by atoms with van der Waals surface area (Å²) in [4.78, 5) is 51.3. The molecule has 74 valence electrons. The molecule has 12 heavy (non-hydrogen) atoms. The van der Waals surface area contributed by atoms with Gasteiger partial charge in [-0.2, -0.15) is 15.6 Å². The molecule has 0 spiro atoms. The third-order valence-corrected chi connectivity index (χ3v) is 0. The number of phosphoric acid groups is 2. The number of rotatable bonds is 0. The molecule has 0 amide bonds. The third kappa shape index (κ3) is 748. The Balaban J connectivity index is -0.0000000457. The van der Waals surface area contributed by atoms with E-state index < -0.39 is 15.6 Å². The second kappa shape index (κ2) is 8.84. The summed E-state index contributed by atoms with van der Waals surface area (Å²) in [5.74, 6) is 0. The molecular formula is Mn2O8P2-2. The van der Waals surface area contributed by atoms with Crippen LogP contribution in [0.3, 0.4) is 0 Å². The summed E-state index contributed by atoms with van der Waals surface area (Å²) in [6.45, 7) is 0. The van der Waals surface area contributed by atoms with Crippen LogP contribution >= 0.6 is 15.6 Å². The molecule has 0 bridgehead atoms. The van der Waals surface area contributed by atoms with Crippen molar-refractivity contribution in [2.24, 2.45) is 0 Å². The first-order valence-electron chi connectivity index (χ1n) is 1.46. The van der Waals surface area contributed by atoms with E-state index in [1.54, 1.807) is 0 Å². The Hall–Kier alpha value is 1.26. The van der Waals surface area contributed by atoms with Gasteiger partial charge in [0.15, 0.2) is 0 Å². The van der Waals surface area contributed by atoms with Crippen LogP contribution in [0.15, 0.2) is 0 Å². The first-order valence-corrected chi connectivity index (χ1v) is 4.38. The molecule has 0 unspecified atom stereocenters. The maximum Gasteiger partial charge on any atom is 2.00 e. The van der Waals surface area contributed by atoms with Crippen molar-refractivity contribution in [3.8, 4) is 0 Å². The summed E-state index contributed by atoms with van der Waals surface area (Å²) in [6.07, 6.45) is 0. The van der Waals surface area contributed by atoms with Crippen molar-refractivity contribution >= 4 is 15.6 Å². The van der Waals surface area contributed by atoms with Crippen LogP contribution in [0.1, 0.15) is 0 Å². The van der Waals surface area contributed by atoms with Crippen molar-refractivity contribution in [1.29, 1.82) is 0 Å². The van der Waals surface area contributed by atoms with Crippen molar-refractivity contribution in [2.75, 3.05) is 0 Å². The Labute approximate surface area is 88.4 Å². The van der Waals surface area contributed by atoms with Crippen LogP contribution < -0.4 is 29.4 Å². The maximum absolute atomic E-state index is 8.55. The van der Waals surface area contributed by atoms with E-state index in [4.69, 9.17) is 38.5 Å². The summed E-state index contributed by atoms with van der Waals surface area (Å²) in [5.41, 5.74) is 0. The minimum atomic E-state index is -5.39. The van der Waals surface area contributed by atoms with E-state index >= 15 is 0 Å². The van der Waals surface area contributed by atoms with E-state index in [0.29, 0.717) is 0 Å². The topological polar surface area (TPSA) is 172 Å². The van der Waals surface area contributed by atoms with Gasteiger partial charge in [0.05, 0.1) is 0 Å². The van der Waals surface area contributed by atoms with Gasteiger partial charge >= 0.3 is 34.1 Å². The summed E-state index contributed by atoms with van der Waals surface area (Å²) >= 11 is 0. The second-order valence-corrected chi connectivity index (χ2v) is 2.68. The van der Waals surface area contributed by atoms with Crippen LogP contribution in [0.5, 0.6) is 0 Å². The van der Waals surface area contributed by atoms with Gasteiger partial charge in [-0.25, -0.2) is 0 Å². The van der Waals surface area contributed by atoms with Gasteiger partial charge < -0.3 is 38.5 Å². The van der Waals surface area contributed by atoms with Crippen molar-refractivity contribution in [2.45, 2.75) is 0 Å². The van der Waals surface area contributed by atoms with Crippen LogP contribution in [0.4, 0.5) is 0 Å². The molecule has 0 atom stereocenters. The average molecular weight is 300 g/mol. The molecule has 0 heterocycles. The average Bonchev–Trinajstić information content (AvgIpc) is 1.12. The molecule has 0 aliphatic carbocycles. The standard InChI is InChI=1S/2Mn.2H3O4P/c;;2*1-5(2,3)4/h;;2*(H3,1,2,3,4)/q2*+2;;/p-6. The van der Waals surface area contributed by atoms with E-state index in [1.807, 2.05) is 0 Å². The molecule has 0 N–H and O–H groups in total. The van der Waals surface area contributed by atoms with Crippen LogP contribution in [0, 0.1) is 0 Å². The van der Waals surface area contributed by atoms with Crippen molar-refractivity contribution < 1.29 is 72.6 Å². The Morgan fingerprint density at radius 2 is 0.583 bits per heavy atom. The van der Waals surface area contributed by atoms with Gasteiger partial charge in [0, 0.05) is 0 Å². The zero-order chi connectivity index (χ0) is 9.00. The Kier molecular flexibility index (Phi) is 17.1. The first kappa shape index (κ1) is 23.2. The van der Waals surface area contributed by atoms with E-state index in [1.165, 1.54) is 0 Å². The zero-order valence-corrected chi connectivity index (χ0v) is 9.07. The van der Waals surface area contributed by atoms with E-state index in [0.717, 1.165) is 0 Å². The normalized spacial score (nSPS) is 9.83. The molecule has 0 fully saturated rings. The maximum atomic E-state index is 8.55. The van der Waals surface area contributed by atoms with Crippen LogP contribution in [-0.4, -0.2) is 0 Å². The first-order chi connectivity index (χ1) is 4.00. The molecule has 0 aromatic heterocycles. The molecule has 2 radical (unpaired) electrons. The van der Waals surface area contributed by atoms with Gasteiger partial charge in [0.2, 0.25) is 0 Å². The van der Waals surface area contributed by atoms with Gasteiger partial charge in [0.1, 0.15) is 0 Å². The van der Waals surface area contributed by atoms with Crippen LogP contribution in [0.2, 0.25) is 0 Å². The van der Waals surface area contributed by atoms with Crippen molar-refractivity contribution in [3.05, 3.63) is 0 Å². The van der Waals surface area contributed by atoms with E-state index in [9.17, 15) is 0 Å². The van der Waals surface area contributed by atoms with E-state index in [-0.39, 0.29) is 34.1 Å². The van der Waals surface area contributed by atoms with Crippen molar-refractivity contribution in [3.63, 3.8) is 0 Å². The number of hydrogen-bond donors (Lipinski definition) is 0. The Morgan fingerprint density at radius 1 is 0.583 bits per heavy atom. The fourth-order valence-corrected chi connectivity index (χ4v) is 0. The molecule has 0 aromatic carbocycles. The van der Waals surface area contributed by atoms with Crippen LogP contribution in [-0.2, 0) is 43.3 Å². The summed E-state index contributed by atoms with van der Waals surface area (Å²) in [7, 11) is -10.8. The molecule has 0 aliphatic heterocycles. The van der Waals surface area contributed by atoms with Gasteiger partial charge in [-0.05, 0) is 0 Å². The molecule has 0 rings (SSSR count). The van der Waals surface area contributed by atoms with E-state index in [2.05, 4.69) is 0 Å². The van der Waals surface area contributed by atoms with Gasteiger partial charge in [-0.3, -0.25) is 0 Å². The van der Waals surface area contributed by atoms with Gasteiger partial charge in [0.25, 0.3) is 0 Å². The fourth-order valence-electron chi connectivity index (χ4n) is 0. The van der Waals surface area contributed by atoms with Gasteiger partial charge in [-0.15, -0.1) is 0 Å². The second-order valence-electron chi connectivity index (χ2n) is 0.894. The van der Waals surface area contributed by atoms with Crippen LogP contribution in [0.25, 0.3) is 0 Å². The molecule has 12 heteroatoms. The van der Waals surface area contributed by atoms with Crippen molar-refractivity contribution in [1.82, 2.24) is 0 Å². The van der Waals surface area contributed by atoms with Gasteiger partial charge in [-0.1, -0.05) is 0 Å². The predicted octanol–water partition coefficient (Wildman–Crippen LogP) is -5.65. The smallest absolute Gasteiger partial charge is 0.822 e. The molecule has 0 aliphatic rings. The quantitative estimate of drug-likeness (QED) is 0.314. The summed E-state index contributed by atoms with van der Waals surface area (Å²) in [5, 5.41) is 0. The Morgan fingerprint density at radius 3 is 0.583 bits per heavy atom. The Bertz CT molecular complexity index is 127. The SMILES string of the molecule is O=P([O-])([O-])[O-].O=P([O-])([O-])[O-].[Mn+2].[Mn+2]. The zero-order valence-electron chi connectivity index (χ0n) is 4.92. The number of hydrogen-bond acceptors (Lipinski definition) is 8. The fraction of sp³-hybridized carbons (Fsp3) is 0. The molecule has 0 saturated heterocycles. The predicted molar refractivity (Wildman–Crippen MR) is 15.2 cm³/mol. The molecular weight excluding hydrogens is 300 g/mol. The minimum absolute atomic E-state index is 0. The third-order valence-electron chi connectivity index (χ3n) is 0.